The number of benzene rings is 1. The summed E-state index contributed by atoms with van der Waals surface area (Å²) in [5.41, 5.74) is 0.0761. The number of aryl methyl sites for hydroxylation is 1. The second kappa shape index (κ2) is 6.45. The van der Waals surface area contributed by atoms with Crippen LogP contribution in [0.15, 0.2) is 36.5 Å². The van der Waals surface area contributed by atoms with E-state index in [2.05, 4.69) is 9.94 Å². The Morgan fingerprint density at radius 2 is 1.82 bits per heavy atom. The third-order valence-corrected chi connectivity index (χ3v) is 3.23. The molecule has 0 aliphatic rings. The highest BCUT2D eigenvalue weighted by atomic mass is 32.2. The van der Waals surface area contributed by atoms with E-state index in [-0.39, 0.29) is 11.4 Å². The van der Waals surface area contributed by atoms with Crippen molar-refractivity contribution in [1.82, 2.24) is 14.7 Å². The highest BCUT2D eigenvalue weighted by Gasteiger charge is 2.18. The summed E-state index contributed by atoms with van der Waals surface area (Å²) in [4.78, 5) is 17.7. The zero-order valence-electron chi connectivity index (χ0n) is 11.7. The topological polar surface area (TPSA) is 109 Å². The Kier molecular flexibility index (Phi) is 4.63. The summed E-state index contributed by atoms with van der Waals surface area (Å²) in [6.45, 7) is 0. The van der Waals surface area contributed by atoms with Gasteiger partial charge in [-0.2, -0.15) is 13.5 Å². The molecule has 0 unspecified atom stereocenters. The van der Waals surface area contributed by atoms with Crippen molar-refractivity contribution in [2.45, 2.75) is 0 Å². The molecule has 0 saturated carbocycles. The molecule has 1 aromatic heterocycles. The average molecular weight is 327 g/mol. The molecule has 0 fully saturated rings. The molecule has 0 amide bonds. The molecule has 2 aromatic rings. The standard InChI is InChI=1S/C12H13N3O6S/c1-15-11(7-8-13-15)12(16)20-14-22(17,18)21-10-5-3-9(19-2)4-6-10/h3-8,14H,1-2H3. The Balaban J connectivity index is 1.96. The van der Waals surface area contributed by atoms with Crippen molar-refractivity contribution >= 4 is 16.3 Å². The number of aromatic nitrogens is 2. The van der Waals surface area contributed by atoms with Crippen LogP contribution in [0.3, 0.4) is 0 Å². The van der Waals surface area contributed by atoms with Crippen molar-refractivity contribution in [3.63, 3.8) is 0 Å². The molecular weight excluding hydrogens is 314 g/mol. The largest absolute Gasteiger partial charge is 0.497 e. The van der Waals surface area contributed by atoms with Gasteiger partial charge in [0.05, 0.1) is 7.11 Å². The number of nitrogens with one attached hydrogen (secondary N) is 1. The molecule has 0 bridgehead atoms. The first-order chi connectivity index (χ1) is 10.4. The maximum absolute atomic E-state index is 11.6. The van der Waals surface area contributed by atoms with Crippen molar-refractivity contribution < 1.29 is 27.0 Å². The molecule has 0 atom stereocenters. The van der Waals surface area contributed by atoms with E-state index in [9.17, 15) is 13.2 Å². The van der Waals surface area contributed by atoms with Gasteiger partial charge in [-0.15, -0.1) is 0 Å². The van der Waals surface area contributed by atoms with Gasteiger partial charge in [0.1, 0.15) is 17.2 Å². The molecule has 0 aliphatic carbocycles. The fraction of sp³-hybridized carbons (Fsp3) is 0.167. The summed E-state index contributed by atoms with van der Waals surface area (Å²) < 4.78 is 34.2. The lowest BCUT2D eigenvalue weighted by Crippen LogP contribution is -2.31. The fourth-order valence-electron chi connectivity index (χ4n) is 1.49. The van der Waals surface area contributed by atoms with Crippen LogP contribution >= 0.6 is 0 Å². The summed E-state index contributed by atoms with van der Waals surface area (Å²) in [5, 5.41) is 3.76. The molecule has 2 rings (SSSR count). The van der Waals surface area contributed by atoms with E-state index in [1.807, 2.05) is 0 Å². The van der Waals surface area contributed by atoms with E-state index < -0.39 is 16.3 Å². The minimum Gasteiger partial charge on any atom is -0.497 e. The van der Waals surface area contributed by atoms with Crippen LogP contribution in [0.4, 0.5) is 0 Å². The van der Waals surface area contributed by atoms with Crippen LogP contribution in [0, 0.1) is 0 Å². The summed E-state index contributed by atoms with van der Waals surface area (Å²) in [5.74, 6) is -0.341. The number of methoxy groups -OCH3 is 1. The number of rotatable bonds is 6. The molecular formula is C12H13N3O6S. The monoisotopic (exact) mass is 327 g/mol. The van der Waals surface area contributed by atoms with Gasteiger partial charge in [-0.1, -0.05) is 0 Å². The molecule has 118 valence electrons. The number of nitrogens with zero attached hydrogens (tertiary/aromatic N) is 2. The number of hydrogen-bond donors (Lipinski definition) is 1. The van der Waals surface area contributed by atoms with Gasteiger partial charge in [0.2, 0.25) is 0 Å². The second-order valence-corrected chi connectivity index (χ2v) is 5.27. The number of ether oxygens (including phenoxy) is 1. The maximum atomic E-state index is 11.6. The first-order valence-corrected chi connectivity index (χ1v) is 7.36. The number of hydrogen-bond acceptors (Lipinski definition) is 7. The van der Waals surface area contributed by atoms with E-state index in [1.165, 1.54) is 55.4 Å². The van der Waals surface area contributed by atoms with Crippen molar-refractivity contribution in [3.05, 3.63) is 42.2 Å². The predicted octanol–water partition coefficient (Wildman–Crippen LogP) is 0.414. The molecule has 1 N–H and O–H groups in total. The Morgan fingerprint density at radius 1 is 1.18 bits per heavy atom. The average Bonchev–Trinajstić information content (AvgIpc) is 2.91. The quantitative estimate of drug-likeness (QED) is 0.766. The number of carbonyl (C=O) groups is 1. The van der Waals surface area contributed by atoms with Crippen LogP contribution in [0.5, 0.6) is 11.5 Å². The van der Waals surface area contributed by atoms with Gasteiger partial charge in [-0.25, -0.2) is 4.79 Å². The molecule has 0 aliphatic heterocycles. The van der Waals surface area contributed by atoms with Gasteiger partial charge in [-0.05, 0) is 35.2 Å². The van der Waals surface area contributed by atoms with Gasteiger partial charge in [0.25, 0.3) is 0 Å². The molecule has 0 radical (unpaired) electrons. The molecule has 10 heteroatoms. The van der Waals surface area contributed by atoms with Gasteiger partial charge in [-0.3, -0.25) is 4.68 Å². The van der Waals surface area contributed by atoms with Gasteiger partial charge >= 0.3 is 16.3 Å². The highest BCUT2D eigenvalue weighted by Crippen LogP contribution is 2.18. The summed E-state index contributed by atoms with van der Waals surface area (Å²) in [7, 11) is -1.33. The van der Waals surface area contributed by atoms with E-state index in [0.717, 1.165) is 0 Å². The lowest BCUT2D eigenvalue weighted by atomic mass is 10.3. The van der Waals surface area contributed by atoms with Crippen molar-refractivity contribution in [2.75, 3.05) is 7.11 Å². The molecule has 1 aromatic carbocycles. The lowest BCUT2D eigenvalue weighted by Gasteiger charge is -2.08. The summed E-state index contributed by atoms with van der Waals surface area (Å²) in [6.07, 6.45) is 1.37. The van der Waals surface area contributed by atoms with Gasteiger partial charge in [0, 0.05) is 13.2 Å². The Labute approximate surface area is 126 Å². The van der Waals surface area contributed by atoms with Crippen LogP contribution in [-0.2, 0) is 22.2 Å². The minimum absolute atomic E-state index is 0.0323. The molecule has 0 saturated heterocycles. The summed E-state index contributed by atoms with van der Waals surface area (Å²) in [6, 6.07) is 7.20. The summed E-state index contributed by atoms with van der Waals surface area (Å²) >= 11 is 0. The van der Waals surface area contributed by atoms with E-state index in [0.29, 0.717) is 5.75 Å². The first-order valence-electron chi connectivity index (χ1n) is 5.96. The van der Waals surface area contributed by atoms with Crippen molar-refractivity contribution in [3.8, 4) is 11.5 Å². The normalized spacial score (nSPS) is 11.0. The molecule has 22 heavy (non-hydrogen) atoms. The minimum atomic E-state index is -4.32. The van der Waals surface area contributed by atoms with Crippen LogP contribution in [-0.4, -0.2) is 31.3 Å². The SMILES string of the molecule is COc1ccc(OS(=O)(=O)NOC(=O)c2ccnn2C)cc1. The molecule has 9 nitrogen and oxygen atoms in total. The number of carbonyl (C=O) groups excluding carboxylic acids is 1. The van der Waals surface area contributed by atoms with Gasteiger partial charge < -0.3 is 13.8 Å². The third-order valence-electron chi connectivity index (χ3n) is 2.53. The lowest BCUT2D eigenvalue weighted by molar-refractivity contribution is 0.0381. The molecule has 1 heterocycles. The van der Waals surface area contributed by atoms with Crippen molar-refractivity contribution in [2.24, 2.45) is 7.05 Å². The second-order valence-electron chi connectivity index (χ2n) is 4.03. The van der Waals surface area contributed by atoms with E-state index in [1.54, 1.807) is 4.89 Å². The third kappa shape index (κ3) is 3.96. The molecule has 0 spiro atoms. The predicted molar refractivity (Wildman–Crippen MR) is 74.3 cm³/mol. The van der Waals surface area contributed by atoms with Crippen LogP contribution in [0.1, 0.15) is 10.5 Å². The zero-order valence-corrected chi connectivity index (χ0v) is 12.5. The van der Waals surface area contributed by atoms with Crippen LogP contribution in [0.25, 0.3) is 0 Å². The van der Waals surface area contributed by atoms with E-state index in [4.69, 9.17) is 8.92 Å². The van der Waals surface area contributed by atoms with E-state index >= 15 is 0 Å². The van der Waals surface area contributed by atoms with Crippen LogP contribution in [0.2, 0.25) is 0 Å². The highest BCUT2D eigenvalue weighted by molar-refractivity contribution is 7.84. The van der Waals surface area contributed by atoms with Crippen LogP contribution < -0.4 is 13.8 Å². The smallest absolute Gasteiger partial charge is 0.414 e. The Hall–Kier alpha value is -2.59. The zero-order chi connectivity index (χ0) is 16.2. The first kappa shape index (κ1) is 15.8. The Bertz CT molecular complexity index is 753. The fourth-order valence-corrected chi connectivity index (χ4v) is 2.07. The van der Waals surface area contributed by atoms with Crippen molar-refractivity contribution in [1.29, 1.82) is 0 Å². The Morgan fingerprint density at radius 3 is 2.36 bits per heavy atom. The van der Waals surface area contributed by atoms with Gasteiger partial charge in [0.15, 0.2) is 0 Å². The maximum Gasteiger partial charge on any atom is 0.414 e.